The Bertz CT molecular complexity index is 429. The molecule has 0 rings (SSSR count). The van der Waals surface area contributed by atoms with Gasteiger partial charge in [0.25, 0.3) is 0 Å². The van der Waals surface area contributed by atoms with Crippen LogP contribution in [0.3, 0.4) is 0 Å². The van der Waals surface area contributed by atoms with Gasteiger partial charge in [0.15, 0.2) is 0 Å². The summed E-state index contributed by atoms with van der Waals surface area (Å²) in [5.74, 6) is 0. The van der Waals surface area contributed by atoms with Crippen molar-refractivity contribution in [3.8, 4) is 0 Å². The average molecular weight is 459 g/mol. The molecule has 0 amide bonds. The van der Waals surface area contributed by atoms with Crippen LogP contribution < -0.4 is 51.4 Å². The predicted octanol–water partition coefficient (Wildman–Crippen LogP) is 3.72. The third kappa shape index (κ3) is 22.5. The summed E-state index contributed by atoms with van der Waals surface area (Å²) in [5.41, 5.74) is 0. The van der Waals surface area contributed by atoms with Gasteiger partial charge in [-0.2, -0.15) is 0 Å². The fraction of sp³-hybridized carbons (Fsp3) is 1.00. The van der Waals surface area contributed by atoms with Crippen molar-refractivity contribution < 1.29 is 69.5 Å². The molecule has 0 radical (unpaired) electrons. The van der Waals surface area contributed by atoms with E-state index in [1.807, 2.05) is 0 Å². The summed E-state index contributed by atoms with van der Waals surface area (Å²) in [4.78, 5) is 0. The van der Waals surface area contributed by atoms with Crippen molar-refractivity contribution in [2.45, 2.75) is 147 Å². The fourth-order valence-electron chi connectivity index (χ4n) is 3.83. The summed E-state index contributed by atoms with van der Waals surface area (Å²) in [6.45, 7) is 3.95. The zero-order valence-corrected chi connectivity index (χ0v) is 23.6. The van der Waals surface area contributed by atoms with Crippen LogP contribution in [-0.2, 0) is 10.1 Å². The number of aliphatic hydroxyl groups excluding tert-OH is 1. The predicted molar refractivity (Wildman–Crippen MR) is 119 cm³/mol. The number of hydrogen-bond acceptors (Lipinski definition) is 4. The van der Waals surface area contributed by atoms with Crippen LogP contribution in [0, 0.1) is 0 Å². The third-order valence-electron chi connectivity index (χ3n) is 5.82. The smallest absolute Gasteiger partial charge is 0.748 e. The van der Waals surface area contributed by atoms with Gasteiger partial charge >= 0.3 is 51.4 Å². The van der Waals surface area contributed by atoms with Gasteiger partial charge < -0.3 is 9.66 Å². The molecule has 29 heavy (non-hydrogen) atoms. The number of aliphatic hydroxyl groups is 1. The van der Waals surface area contributed by atoms with Crippen LogP contribution in [0.2, 0.25) is 0 Å². The maximum Gasteiger partial charge on any atom is 1.00 e. The van der Waals surface area contributed by atoms with Gasteiger partial charge in [-0.1, -0.05) is 110 Å². The Balaban J connectivity index is 0. The van der Waals surface area contributed by atoms with Gasteiger partial charge in [-0.25, -0.2) is 8.42 Å². The van der Waals surface area contributed by atoms with E-state index in [2.05, 4.69) is 6.92 Å². The Labute approximate surface area is 224 Å². The van der Waals surface area contributed by atoms with Gasteiger partial charge in [0.1, 0.15) is 0 Å². The van der Waals surface area contributed by atoms with Gasteiger partial charge in [-0.3, -0.25) is 0 Å². The van der Waals surface area contributed by atoms with Crippen molar-refractivity contribution in [3.63, 3.8) is 0 Å². The Hall–Kier alpha value is 1.51. The maximum absolute atomic E-state index is 11.0. The molecule has 2 atom stereocenters. The number of rotatable bonds is 21. The minimum absolute atomic E-state index is 0. The van der Waals surface area contributed by atoms with E-state index < -0.39 is 15.4 Å². The second-order valence-electron chi connectivity index (χ2n) is 8.49. The molecule has 170 valence electrons. The van der Waals surface area contributed by atoms with E-state index in [0.717, 1.165) is 38.5 Å². The van der Waals surface area contributed by atoms with Crippen LogP contribution in [0.25, 0.3) is 0 Å². The molecule has 6 heteroatoms. The second kappa shape index (κ2) is 22.7. The Morgan fingerprint density at radius 3 is 1.34 bits per heavy atom. The van der Waals surface area contributed by atoms with Crippen LogP contribution in [0.15, 0.2) is 0 Å². The Morgan fingerprint density at radius 1 is 0.655 bits per heavy atom. The number of unbranched alkanes of at least 4 members (excludes halogenated alkanes) is 13. The van der Waals surface area contributed by atoms with Crippen LogP contribution in [0.4, 0.5) is 0 Å². The first-order valence-electron chi connectivity index (χ1n) is 12.0. The van der Waals surface area contributed by atoms with E-state index in [4.69, 9.17) is 0 Å². The number of hydrogen-bond donors (Lipinski definition) is 1. The molecule has 4 nitrogen and oxygen atoms in total. The van der Waals surface area contributed by atoms with E-state index in [1.165, 1.54) is 70.6 Å². The van der Waals surface area contributed by atoms with Crippen LogP contribution in [0.5, 0.6) is 0 Å². The molecule has 0 heterocycles. The normalized spacial score (nSPS) is 13.8. The van der Waals surface area contributed by atoms with Crippen molar-refractivity contribution in [1.29, 1.82) is 0 Å². The molecule has 0 aromatic carbocycles. The molecule has 0 aliphatic heterocycles. The molecule has 0 aromatic rings. The molecule has 0 aliphatic carbocycles. The SMILES string of the molecule is CCCCC(O)CCCCCCCCCCCCCCCC(CC)S(=O)(=O)[O-].[K+]. The summed E-state index contributed by atoms with van der Waals surface area (Å²) in [6, 6.07) is 0. The van der Waals surface area contributed by atoms with Crippen molar-refractivity contribution in [2.75, 3.05) is 0 Å². The zero-order chi connectivity index (χ0) is 21.1. The monoisotopic (exact) mass is 458 g/mol. The summed E-state index contributed by atoms with van der Waals surface area (Å²) in [6.07, 6.45) is 21.0. The quantitative estimate of drug-likeness (QED) is 0.162. The standard InChI is InChI=1S/C23H48O4S.K/c1-3-5-19-22(24)20-17-15-13-11-9-7-6-8-10-12-14-16-18-21-23(4-2)28(25,26)27;/h22-24H,3-21H2,1-2H3,(H,25,26,27);/q;+1/p-1. The molecular formula is C23H47KO4S. The Morgan fingerprint density at radius 2 is 1.00 bits per heavy atom. The molecule has 0 saturated carbocycles. The molecule has 0 fully saturated rings. The van der Waals surface area contributed by atoms with Crippen molar-refractivity contribution in [1.82, 2.24) is 0 Å². The van der Waals surface area contributed by atoms with Crippen molar-refractivity contribution >= 4 is 10.1 Å². The Kier molecular flexibility index (Phi) is 25.6. The molecule has 0 aromatic heterocycles. The van der Waals surface area contributed by atoms with Crippen LogP contribution >= 0.6 is 0 Å². The first kappa shape index (κ1) is 32.7. The summed E-state index contributed by atoms with van der Waals surface area (Å²) in [5, 5.41) is 9.12. The minimum Gasteiger partial charge on any atom is -0.748 e. The zero-order valence-electron chi connectivity index (χ0n) is 19.7. The third-order valence-corrected chi connectivity index (χ3v) is 7.20. The van der Waals surface area contributed by atoms with E-state index in [1.54, 1.807) is 6.92 Å². The van der Waals surface area contributed by atoms with E-state index in [0.29, 0.717) is 12.8 Å². The van der Waals surface area contributed by atoms with Gasteiger partial charge in [0.2, 0.25) is 0 Å². The van der Waals surface area contributed by atoms with Gasteiger partial charge in [-0.15, -0.1) is 0 Å². The topological polar surface area (TPSA) is 77.4 Å². The fourth-order valence-corrected chi connectivity index (χ4v) is 4.70. The average Bonchev–Trinajstić information content (AvgIpc) is 2.65. The maximum atomic E-state index is 11.0. The first-order valence-corrected chi connectivity index (χ1v) is 13.5. The minimum atomic E-state index is -4.10. The van der Waals surface area contributed by atoms with E-state index >= 15 is 0 Å². The molecule has 2 unspecified atom stereocenters. The summed E-state index contributed by atoms with van der Waals surface area (Å²) >= 11 is 0. The largest absolute Gasteiger partial charge is 1.00 e. The second-order valence-corrected chi connectivity index (χ2v) is 10.1. The van der Waals surface area contributed by atoms with E-state index in [-0.39, 0.29) is 57.5 Å². The molecule has 0 aliphatic rings. The first-order chi connectivity index (χ1) is 13.4. The molecule has 0 spiro atoms. The van der Waals surface area contributed by atoms with Crippen molar-refractivity contribution in [2.24, 2.45) is 0 Å². The van der Waals surface area contributed by atoms with Crippen LogP contribution in [0.1, 0.15) is 136 Å². The van der Waals surface area contributed by atoms with Gasteiger partial charge in [0.05, 0.1) is 16.2 Å². The molecular weight excluding hydrogens is 411 g/mol. The van der Waals surface area contributed by atoms with Crippen LogP contribution in [-0.4, -0.2) is 29.4 Å². The summed E-state index contributed by atoms with van der Waals surface area (Å²) < 4.78 is 33.1. The molecule has 0 saturated heterocycles. The van der Waals surface area contributed by atoms with E-state index in [9.17, 15) is 18.1 Å². The van der Waals surface area contributed by atoms with Gasteiger partial charge in [-0.05, 0) is 25.7 Å². The van der Waals surface area contributed by atoms with Crippen molar-refractivity contribution in [3.05, 3.63) is 0 Å². The summed E-state index contributed by atoms with van der Waals surface area (Å²) in [7, 11) is -4.10. The van der Waals surface area contributed by atoms with Gasteiger partial charge in [0, 0.05) is 5.25 Å². The molecule has 0 bridgehead atoms. The molecule has 1 N–H and O–H groups in total.